The fourth-order valence-electron chi connectivity index (χ4n) is 1.67. The average Bonchev–Trinajstić information content (AvgIpc) is 3.10. The number of amides is 1. The van der Waals surface area contributed by atoms with E-state index in [-0.39, 0.29) is 5.91 Å². The second-order valence-electron chi connectivity index (χ2n) is 4.13. The molecule has 2 aromatic heterocycles. The molecule has 3 aromatic rings. The molecule has 0 radical (unpaired) electrons. The maximum absolute atomic E-state index is 12.2. The van der Waals surface area contributed by atoms with Gasteiger partial charge in [0.2, 0.25) is 0 Å². The predicted octanol–water partition coefficient (Wildman–Crippen LogP) is 5.18. The molecule has 1 aromatic carbocycles. The first-order valence-electron chi connectivity index (χ1n) is 5.88. The highest BCUT2D eigenvalue weighted by Crippen LogP contribution is 2.28. The number of hydrogen-bond acceptors (Lipinski definition) is 4. The number of benzene rings is 1. The minimum absolute atomic E-state index is 0.246. The quantitative estimate of drug-likeness (QED) is 0.626. The van der Waals surface area contributed by atoms with Crippen molar-refractivity contribution in [2.45, 2.75) is 0 Å². The summed E-state index contributed by atoms with van der Waals surface area (Å²) in [4.78, 5) is 16.5. The Morgan fingerprint density at radius 3 is 2.86 bits per heavy atom. The van der Waals surface area contributed by atoms with E-state index in [9.17, 15) is 4.79 Å². The van der Waals surface area contributed by atoms with Gasteiger partial charge in [0.05, 0.1) is 12.0 Å². The summed E-state index contributed by atoms with van der Waals surface area (Å²) in [7, 11) is 0. The van der Waals surface area contributed by atoms with Gasteiger partial charge < -0.3 is 9.73 Å². The topological polar surface area (TPSA) is 55.1 Å². The molecule has 0 bridgehead atoms. The number of anilines is 1. The number of aromatic nitrogens is 1. The van der Waals surface area contributed by atoms with Crippen molar-refractivity contribution in [3.05, 3.63) is 56.8 Å². The van der Waals surface area contributed by atoms with Gasteiger partial charge in [-0.15, -0.1) is 11.3 Å². The highest BCUT2D eigenvalue weighted by atomic mass is 79.9. The molecular weight excluding hydrogens is 420 g/mol. The number of nitrogens with one attached hydrogen (secondary N) is 1. The van der Waals surface area contributed by atoms with E-state index in [1.54, 1.807) is 17.9 Å². The Hall–Kier alpha value is -1.44. The van der Waals surface area contributed by atoms with Gasteiger partial charge in [0.15, 0.2) is 0 Å². The van der Waals surface area contributed by atoms with Crippen molar-refractivity contribution in [3.63, 3.8) is 0 Å². The van der Waals surface area contributed by atoms with Crippen molar-refractivity contribution >= 4 is 54.8 Å². The molecule has 0 aliphatic carbocycles. The van der Waals surface area contributed by atoms with Gasteiger partial charge in [-0.1, -0.05) is 15.9 Å². The van der Waals surface area contributed by atoms with Crippen LogP contribution in [0.25, 0.3) is 10.6 Å². The highest BCUT2D eigenvalue weighted by Gasteiger charge is 2.13. The smallest absolute Gasteiger partial charge is 0.275 e. The van der Waals surface area contributed by atoms with Gasteiger partial charge in [-0.25, -0.2) is 4.98 Å². The minimum atomic E-state index is -0.246. The van der Waals surface area contributed by atoms with E-state index in [1.165, 1.54) is 11.3 Å². The maximum atomic E-state index is 12.2. The molecule has 0 spiro atoms. The van der Waals surface area contributed by atoms with Crippen LogP contribution in [0.15, 0.2) is 55.5 Å². The second-order valence-corrected chi connectivity index (χ2v) is 6.76. The Kier molecular flexibility index (Phi) is 4.23. The van der Waals surface area contributed by atoms with Gasteiger partial charge in [-0.2, -0.15) is 0 Å². The molecule has 0 unspecified atom stereocenters. The molecule has 0 fully saturated rings. The lowest BCUT2D eigenvalue weighted by Crippen LogP contribution is -2.12. The number of thiazole rings is 1. The molecule has 2 heterocycles. The van der Waals surface area contributed by atoms with E-state index >= 15 is 0 Å². The molecule has 0 saturated carbocycles. The Bertz CT molecular complexity index is 784. The van der Waals surface area contributed by atoms with Crippen molar-refractivity contribution in [1.29, 1.82) is 0 Å². The summed E-state index contributed by atoms with van der Waals surface area (Å²) in [5.41, 5.74) is 1.94. The molecule has 0 saturated heterocycles. The summed E-state index contributed by atoms with van der Waals surface area (Å²) < 4.78 is 6.75. The largest absolute Gasteiger partial charge is 0.472 e. The molecule has 1 amide bonds. The van der Waals surface area contributed by atoms with Crippen molar-refractivity contribution in [3.8, 4) is 10.6 Å². The van der Waals surface area contributed by atoms with Gasteiger partial charge in [-0.3, -0.25) is 4.79 Å². The van der Waals surface area contributed by atoms with Crippen LogP contribution in [0.2, 0.25) is 0 Å². The zero-order valence-electron chi connectivity index (χ0n) is 10.5. The third kappa shape index (κ3) is 3.25. The molecule has 0 aliphatic rings. The Morgan fingerprint density at radius 1 is 1.29 bits per heavy atom. The minimum Gasteiger partial charge on any atom is -0.472 e. The van der Waals surface area contributed by atoms with Crippen LogP contribution in [0, 0.1) is 0 Å². The number of furan rings is 1. The predicted molar refractivity (Wildman–Crippen MR) is 89.6 cm³/mol. The number of halogens is 2. The van der Waals surface area contributed by atoms with Crippen molar-refractivity contribution < 1.29 is 9.21 Å². The number of carbonyl (C=O) groups excluding carboxylic acids is 1. The Morgan fingerprint density at radius 2 is 2.14 bits per heavy atom. The third-order valence-corrected chi connectivity index (χ3v) is 4.72. The average molecular weight is 428 g/mol. The Labute approximate surface area is 141 Å². The monoisotopic (exact) mass is 426 g/mol. The van der Waals surface area contributed by atoms with Crippen LogP contribution in [0.4, 0.5) is 5.69 Å². The maximum Gasteiger partial charge on any atom is 0.275 e. The summed E-state index contributed by atoms with van der Waals surface area (Å²) in [5, 5.41) is 5.31. The SMILES string of the molecule is O=C(Nc1ccc(Br)cc1Br)c1csc(-c2ccoc2)n1. The summed E-state index contributed by atoms with van der Waals surface area (Å²) in [6.07, 6.45) is 3.18. The van der Waals surface area contributed by atoms with Gasteiger partial charge >= 0.3 is 0 Å². The molecule has 0 atom stereocenters. The summed E-state index contributed by atoms with van der Waals surface area (Å²) in [6.45, 7) is 0. The number of hydrogen-bond donors (Lipinski definition) is 1. The first-order valence-corrected chi connectivity index (χ1v) is 8.34. The van der Waals surface area contributed by atoms with Gasteiger partial charge in [0.1, 0.15) is 17.0 Å². The van der Waals surface area contributed by atoms with Crippen molar-refractivity contribution in [2.24, 2.45) is 0 Å². The fraction of sp³-hybridized carbons (Fsp3) is 0. The van der Waals surface area contributed by atoms with Crippen LogP contribution < -0.4 is 5.32 Å². The number of nitrogens with zero attached hydrogens (tertiary/aromatic N) is 1. The van der Waals surface area contributed by atoms with Crippen molar-refractivity contribution in [2.75, 3.05) is 5.32 Å². The van der Waals surface area contributed by atoms with Crippen molar-refractivity contribution in [1.82, 2.24) is 4.98 Å². The van der Waals surface area contributed by atoms with E-state index in [2.05, 4.69) is 42.2 Å². The molecule has 7 heteroatoms. The first kappa shape index (κ1) is 14.5. The van der Waals surface area contributed by atoms with Crippen LogP contribution in [0.5, 0.6) is 0 Å². The molecule has 106 valence electrons. The number of rotatable bonds is 3. The van der Waals surface area contributed by atoms with Crippen LogP contribution in [0.3, 0.4) is 0 Å². The van der Waals surface area contributed by atoms with Crippen LogP contribution in [-0.2, 0) is 0 Å². The van der Waals surface area contributed by atoms with E-state index < -0.39 is 0 Å². The molecule has 3 rings (SSSR count). The zero-order chi connectivity index (χ0) is 14.8. The lowest BCUT2D eigenvalue weighted by atomic mass is 10.3. The number of carbonyl (C=O) groups is 1. The van der Waals surface area contributed by atoms with E-state index in [0.717, 1.165) is 19.5 Å². The second kappa shape index (κ2) is 6.13. The lowest BCUT2D eigenvalue weighted by molar-refractivity contribution is 0.102. The Balaban J connectivity index is 1.79. The summed E-state index contributed by atoms with van der Waals surface area (Å²) >= 11 is 8.18. The van der Waals surface area contributed by atoms with Crippen LogP contribution in [-0.4, -0.2) is 10.9 Å². The van der Waals surface area contributed by atoms with Gasteiger partial charge in [0.25, 0.3) is 5.91 Å². The molecule has 1 N–H and O–H groups in total. The van der Waals surface area contributed by atoms with Gasteiger partial charge in [0, 0.05) is 19.9 Å². The van der Waals surface area contributed by atoms with E-state index in [0.29, 0.717) is 11.4 Å². The summed E-state index contributed by atoms with van der Waals surface area (Å²) in [5.74, 6) is -0.246. The lowest BCUT2D eigenvalue weighted by Gasteiger charge is -2.06. The van der Waals surface area contributed by atoms with E-state index in [1.807, 2.05) is 24.3 Å². The highest BCUT2D eigenvalue weighted by molar-refractivity contribution is 9.11. The zero-order valence-corrected chi connectivity index (χ0v) is 14.5. The normalized spacial score (nSPS) is 10.6. The first-order chi connectivity index (χ1) is 10.1. The van der Waals surface area contributed by atoms with E-state index in [4.69, 9.17) is 4.42 Å². The van der Waals surface area contributed by atoms with Gasteiger partial charge in [-0.05, 0) is 40.2 Å². The third-order valence-electron chi connectivity index (χ3n) is 2.68. The molecular formula is C14H8Br2N2O2S. The molecule has 0 aliphatic heterocycles. The molecule has 21 heavy (non-hydrogen) atoms. The van der Waals surface area contributed by atoms with Crippen LogP contribution >= 0.6 is 43.2 Å². The summed E-state index contributed by atoms with van der Waals surface area (Å²) in [6, 6.07) is 7.35. The standard InChI is InChI=1S/C14H8Br2N2O2S/c15-9-1-2-11(10(16)5-9)17-13(19)12-7-21-14(18-12)8-3-4-20-6-8/h1-7H,(H,17,19). The fourth-order valence-corrected chi connectivity index (χ4v) is 3.61. The molecule has 4 nitrogen and oxygen atoms in total. The van der Waals surface area contributed by atoms with Crippen LogP contribution in [0.1, 0.15) is 10.5 Å².